The van der Waals surface area contributed by atoms with Crippen LogP contribution in [0.1, 0.15) is 5.69 Å². The number of hydrogen-bond donors (Lipinski definition) is 1. The van der Waals surface area contributed by atoms with Gasteiger partial charge in [0.05, 0.1) is 6.54 Å². The Morgan fingerprint density at radius 2 is 2.06 bits per heavy atom. The molecule has 0 aliphatic rings. The summed E-state index contributed by atoms with van der Waals surface area (Å²) < 4.78 is 3.94. The van der Waals surface area contributed by atoms with Gasteiger partial charge in [-0.05, 0) is 12.1 Å². The minimum Gasteiger partial charge on any atom is -0.377 e. The zero-order chi connectivity index (χ0) is 11.4. The van der Waals surface area contributed by atoms with Crippen LogP contribution in [0.3, 0.4) is 0 Å². The summed E-state index contributed by atoms with van der Waals surface area (Å²) in [7, 11) is 3.94. The predicted molar refractivity (Wildman–Crippen MR) is 68.0 cm³/mol. The van der Waals surface area contributed by atoms with Crippen LogP contribution in [0.25, 0.3) is 0 Å². The second kappa shape index (κ2) is 4.94. The van der Waals surface area contributed by atoms with Crippen LogP contribution in [-0.2, 0) is 6.54 Å². The molecular formula is C11H14N4S. The number of aromatic nitrogens is 2. The molecule has 0 bridgehead atoms. The van der Waals surface area contributed by atoms with Gasteiger partial charge in [0.25, 0.3) is 0 Å². The van der Waals surface area contributed by atoms with Gasteiger partial charge >= 0.3 is 0 Å². The van der Waals surface area contributed by atoms with E-state index in [1.54, 1.807) is 0 Å². The quantitative estimate of drug-likeness (QED) is 0.880. The van der Waals surface area contributed by atoms with Gasteiger partial charge < -0.3 is 10.2 Å². The van der Waals surface area contributed by atoms with E-state index in [1.807, 2.05) is 32.3 Å². The Balaban J connectivity index is 2.11. The highest BCUT2D eigenvalue weighted by Crippen LogP contribution is 2.20. The van der Waals surface area contributed by atoms with Crippen LogP contribution in [0.5, 0.6) is 0 Å². The lowest BCUT2D eigenvalue weighted by atomic mass is 10.3. The number of nitrogens with zero attached hydrogens (tertiary/aromatic N) is 3. The first-order valence-electron chi connectivity index (χ1n) is 5.06. The van der Waals surface area contributed by atoms with Gasteiger partial charge in [-0.3, -0.25) is 0 Å². The Morgan fingerprint density at radius 3 is 2.75 bits per heavy atom. The molecule has 4 nitrogen and oxygen atoms in total. The third-order valence-corrected chi connectivity index (χ3v) is 3.15. The highest BCUT2D eigenvalue weighted by molar-refractivity contribution is 7.10. The predicted octanol–water partition coefficient (Wildman–Crippen LogP) is 2.22. The first-order valence-corrected chi connectivity index (χ1v) is 5.83. The Morgan fingerprint density at radius 1 is 1.31 bits per heavy atom. The lowest BCUT2D eigenvalue weighted by Crippen LogP contribution is -2.17. The average molecular weight is 234 g/mol. The summed E-state index contributed by atoms with van der Waals surface area (Å²) in [5.74, 6) is 0. The molecule has 1 aromatic heterocycles. The smallest absolute Gasteiger partial charge is 0.134 e. The number of anilines is 2. The molecule has 0 spiro atoms. The van der Waals surface area contributed by atoms with Gasteiger partial charge in [-0.25, -0.2) is 0 Å². The molecule has 0 saturated heterocycles. The van der Waals surface area contributed by atoms with Gasteiger partial charge in [0.2, 0.25) is 0 Å². The second-order valence-electron chi connectivity index (χ2n) is 3.49. The molecule has 2 rings (SSSR count). The summed E-state index contributed by atoms with van der Waals surface area (Å²) in [5.41, 5.74) is 2.16. The maximum absolute atomic E-state index is 4.12. The summed E-state index contributed by atoms with van der Waals surface area (Å²) in [6.07, 6.45) is 0. The van der Waals surface area contributed by atoms with E-state index < -0.39 is 0 Å². The Bertz CT molecular complexity index is 440. The van der Waals surface area contributed by atoms with Gasteiger partial charge in [-0.15, -0.1) is 5.10 Å². The second-order valence-corrected chi connectivity index (χ2v) is 4.24. The van der Waals surface area contributed by atoms with Crippen LogP contribution in [0.2, 0.25) is 0 Å². The van der Waals surface area contributed by atoms with Crippen molar-refractivity contribution in [2.24, 2.45) is 0 Å². The van der Waals surface area contributed by atoms with Crippen LogP contribution in [0.15, 0.2) is 30.3 Å². The number of hydrogen-bond acceptors (Lipinski definition) is 5. The summed E-state index contributed by atoms with van der Waals surface area (Å²) in [6.45, 7) is 0.761. The lowest BCUT2D eigenvalue weighted by molar-refractivity contribution is 0.873. The van der Waals surface area contributed by atoms with Crippen LogP contribution < -0.4 is 10.2 Å². The van der Waals surface area contributed by atoms with Crippen molar-refractivity contribution in [1.82, 2.24) is 9.59 Å². The fourth-order valence-corrected chi connectivity index (χ4v) is 2.02. The first kappa shape index (κ1) is 10.9. The molecule has 1 aromatic carbocycles. The van der Waals surface area contributed by atoms with Crippen molar-refractivity contribution in [2.75, 3.05) is 24.3 Å². The highest BCUT2D eigenvalue weighted by atomic mass is 32.1. The van der Waals surface area contributed by atoms with Gasteiger partial charge in [-0.2, -0.15) is 0 Å². The fourth-order valence-electron chi connectivity index (χ4n) is 1.50. The Hall–Kier alpha value is -1.62. The molecule has 1 N–H and O–H groups in total. The van der Waals surface area contributed by atoms with Crippen molar-refractivity contribution >= 4 is 22.2 Å². The zero-order valence-electron chi connectivity index (χ0n) is 9.34. The minimum atomic E-state index is 0.761. The van der Waals surface area contributed by atoms with Crippen molar-refractivity contribution in [1.29, 1.82) is 0 Å². The lowest BCUT2D eigenvalue weighted by Gasteiger charge is -2.18. The average Bonchev–Trinajstić information content (AvgIpc) is 2.77. The summed E-state index contributed by atoms with van der Waals surface area (Å²) in [4.78, 5) is 2.15. The fraction of sp³-hybridized carbons (Fsp3) is 0.273. The topological polar surface area (TPSA) is 41.1 Å². The summed E-state index contributed by atoms with van der Waals surface area (Å²) in [6, 6.07) is 10.2. The van der Waals surface area contributed by atoms with Gasteiger partial charge in [0.1, 0.15) is 10.7 Å². The molecule has 1 heterocycles. The van der Waals surface area contributed by atoms with E-state index in [2.05, 4.69) is 31.9 Å². The van der Waals surface area contributed by atoms with E-state index in [0.717, 1.165) is 17.2 Å². The van der Waals surface area contributed by atoms with E-state index in [-0.39, 0.29) is 0 Å². The molecule has 0 unspecified atom stereocenters. The minimum absolute atomic E-state index is 0.761. The maximum atomic E-state index is 4.12. The molecule has 0 amide bonds. The third kappa shape index (κ3) is 2.30. The first-order chi connectivity index (χ1) is 7.81. The molecule has 0 fully saturated rings. The number of rotatable bonds is 4. The van der Waals surface area contributed by atoms with Crippen molar-refractivity contribution in [3.05, 3.63) is 36.0 Å². The van der Waals surface area contributed by atoms with E-state index in [0.29, 0.717) is 0 Å². The molecule has 0 radical (unpaired) electrons. The van der Waals surface area contributed by atoms with E-state index in [4.69, 9.17) is 0 Å². The molecule has 16 heavy (non-hydrogen) atoms. The van der Waals surface area contributed by atoms with Crippen molar-refractivity contribution < 1.29 is 0 Å². The van der Waals surface area contributed by atoms with Crippen molar-refractivity contribution in [3.8, 4) is 0 Å². The van der Waals surface area contributed by atoms with Crippen LogP contribution >= 0.6 is 11.5 Å². The van der Waals surface area contributed by atoms with Crippen LogP contribution in [-0.4, -0.2) is 23.7 Å². The number of nitrogens with one attached hydrogen (secondary N) is 1. The van der Waals surface area contributed by atoms with Gasteiger partial charge in [0, 0.05) is 31.3 Å². The molecule has 0 aliphatic heterocycles. The third-order valence-electron chi connectivity index (χ3n) is 2.37. The van der Waals surface area contributed by atoms with Gasteiger partial charge in [0.15, 0.2) is 0 Å². The van der Waals surface area contributed by atoms with E-state index in [9.17, 15) is 0 Å². The van der Waals surface area contributed by atoms with Crippen molar-refractivity contribution in [2.45, 2.75) is 6.54 Å². The Labute approximate surface area is 99.1 Å². The number of benzene rings is 1. The molecule has 0 saturated carbocycles. The maximum Gasteiger partial charge on any atom is 0.134 e. The van der Waals surface area contributed by atoms with Crippen LogP contribution in [0, 0.1) is 0 Å². The van der Waals surface area contributed by atoms with E-state index >= 15 is 0 Å². The van der Waals surface area contributed by atoms with Gasteiger partial charge in [-0.1, -0.05) is 22.7 Å². The highest BCUT2D eigenvalue weighted by Gasteiger charge is 2.09. The Kier molecular flexibility index (Phi) is 3.36. The monoisotopic (exact) mass is 234 g/mol. The van der Waals surface area contributed by atoms with E-state index in [1.165, 1.54) is 17.2 Å². The largest absolute Gasteiger partial charge is 0.377 e. The van der Waals surface area contributed by atoms with Crippen molar-refractivity contribution in [3.63, 3.8) is 0 Å². The standard InChI is InChI=1S/C11H14N4S/c1-12-11-10(13-14-16-11)8-15(2)9-6-4-3-5-7-9/h3-7,12H,8H2,1-2H3. The normalized spacial score (nSPS) is 10.1. The molecule has 0 aliphatic carbocycles. The molecule has 0 atom stereocenters. The number of para-hydroxylation sites is 1. The SMILES string of the molecule is CNc1snnc1CN(C)c1ccccc1. The zero-order valence-corrected chi connectivity index (χ0v) is 10.2. The molecule has 2 aromatic rings. The summed E-state index contributed by atoms with van der Waals surface area (Å²) >= 11 is 1.39. The van der Waals surface area contributed by atoms with Crippen LogP contribution in [0.4, 0.5) is 10.7 Å². The molecule has 5 heteroatoms. The summed E-state index contributed by atoms with van der Waals surface area (Å²) in [5, 5.41) is 8.25. The molecule has 84 valence electrons. The molecular weight excluding hydrogens is 220 g/mol.